The molecule has 9 heteroatoms. The minimum Gasteiger partial charge on any atom is -0.497 e. The number of carbonyl (C=O) groups excluding carboxylic acids is 2. The van der Waals surface area contributed by atoms with Crippen LogP contribution in [0, 0.1) is 0 Å². The Morgan fingerprint density at radius 1 is 1.06 bits per heavy atom. The third-order valence-corrected chi connectivity index (χ3v) is 6.82. The molecule has 0 unspecified atom stereocenters. The molecule has 34 heavy (non-hydrogen) atoms. The Hall–Kier alpha value is -3.56. The molecule has 0 radical (unpaired) electrons. The van der Waals surface area contributed by atoms with E-state index in [9.17, 15) is 9.59 Å². The van der Waals surface area contributed by atoms with E-state index in [2.05, 4.69) is 15.6 Å². The minimum atomic E-state index is -0.137. The summed E-state index contributed by atoms with van der Waals surface area (Å²) in [4.78, 5) is 30.4. The van der Waals surface area contributed by atoms with E-state index in [0.29, 0.717) is 23.8 Å². The van der Waals surface area contributed by atoms with Crippen molar-refractivity contribution < 1.29 is 14.3 Å². The van der Waals surface area contributed by atoms with Gasteiger partial charge in [-0.3, -0.25) is 14.2 Å². The Morgan fingerprint density at radius 2 is 1.91 bits per heavy atom. The highest BCUT2D eigenvalue weighted by atomic mass is 32.2. The topological polar surface area (TPSA) is 85.2 Å². The van der Waals surface area contributed by atoms with Crippen molar-refractivity contribution in [2.24, 2.45) is 0 Å². The maximum atomic E-state index is 12.6. The zero-order valence-electron chi connectivity index (χ0n) is 18.6. The molecule has 2 N–H and O–H groups in total. The van der Waals surface area contributed by atoms with Gasteiger partial charge >= 0.3 is 0 Å². The van der Waals surface area contributed by atoms with Crippen LogP contribution in [0.1, 0.15) is 20.8 Å². The van der Waals surface area contributed by atoms with Crippen molar-refractivity contribution in [3.8, 4) is 11.4 Å². The van der Waals surface area contributed by atoms with E-state index in [4.69, 9.17) is 4.74 Å². The summed E-state index contributed by atoms with van der Waals surface area (Å²) in [6.45, 7) is 0.943. The molecule has 0 aliphatic heterocycles. The zero-order valence-corrected chi connectivity index (χ0v) is 20.2. The Labute approximate surface area is 206 Å². The third kappa shape index (κ3) is 6.27. The Bertz CT molecular complexity index is 1240. The molecule has 7 nitrogen and oxygen atoms in total. The fourth-order valence-corrected chi connectivity index (χ4v) is 4.65. The molecule has 0 bridgehead atoms. The number of methoxy groups -OCH3 is 1. The average molecular weight is 493 g/mol. The molecule has 174 valence electrons. The summed E-state index contributed by atoms with van der Waals surface area (Å²) < 4.78 is 7.02. The van der Waals surface area contributed by atoms with Crippen molar-refractivity contribution in [2.45, 2.75) is 18.2 Å². The first-order chi connectivity index (χ1) is 16.6. The van der Waals surface area contributed by atoms with Gasteiger partial charge in [-0.15, -0.1) is 11.3 Å². The van der Waals surface area contributed by atoms with E-state index < -0.39 is 0 Å². The first kappa shape index (κ1) is 23.6. The summed E-state index contributed by atoms with van der Waals surface area (Å²) in [7, 11) is 1.62. The van der Waals surface area contributed by atoms with Crippen LogP contribution in [0.25, 0.3) is 5.69 Å². The lowest BCUT2D eigenvalue weighted by Gasteiger charge is -2.10. The summed E-state index contributed by atoms with van der Waals surface area (Å²) in [5.74, 6) is 0.787. The van der Waals surface area contributed by atoms with Crippen LogP contribution >= 0.6 is 23.1 Å². The summed E-state index contributed by atoms with van der Waals surface area (Å²) in [5, 5.41) is 8.52. The molecule has 0 saturated heterocycles. The van der Waals surface area contributed by atoms with E-state index in [1.165, 1.54) is 11.8 Å². The molecule has 2 aromatic carbocycles. The predicted molar refractivity (Wildman–Crippen MR) is 135 cm³/mol. The number of aromatic nitrogens is 2. The monoisotopic (exact) mass is 492 g/mol. The van der Waals surface area contributed by atoms with Crippen LogP contribution < -0.4 is 15.4 Å². The van der Waals surface area contributed by atoms with E-state index >= 15 is 0 Å². The zero-order chi connectivity index (χ0) is 23.8. The van der Waals surface area contributed by atoms with Crippen LogP contribution in [0.5, 0.6) is 5.75 Å². The van der Waals surface area contributed by atoms with Crippen LogP contribution in [-0.4, -0.2) is 34.2 Å². The lowest BCUT2D eigenvalue weighted by molar-refractivity contribution is -0.118. The number of hydrogen-bond acceptors (Lipinski definition) is 6. The van der Waals surface area contributed by atoms with Crippen LogP contribution in [0.3, 0.4) is 0 Å². The van der Waals surface area contributed by atoms with Gasteiger partial charge in [-0.25, -0.2) is 4.98 Å². The first-order valence-corrected chi connectivity index (χ1v) is 12.5. The second kappa shape index (κ2) is 11.5. The van der Waals surface area contributed by atoms with Gasteiger partial charge < -0.3 is 15.4 Å². The normalized spacial score (nSPS) is 10.6. The van der Waals surface area contributed by atoms with Crippen LogP contribution in [-0.2, 0) is 17.9 Å². The van der Waals surface area contributed by atoms with Crippen LogP contribution in [0.2, 0.25) is 0 Å². The number of thioether (sulfide) groups is 1. The first-order valence-electron chi connectivity index (χ1n) is 10.6. The molecule has 2 amide bonds. The number of nitrogens with one attached hydrogen (secondary N) is 2. The SMILES string of the molecule is COc1ccc(CNC(=O)CSc2nccn2-c2cccc(C(=O)NCc3cccs3)c2)cc1. The number of rotatable bonds is 10. The van der Waals surface area contributed by atoms with Crippen molar-refractivity contribution >= 4 is 34.9 Å². The van der Waals surface area contributed by atoms with E-state index in [-0.39, 0.29) is 17.6 Å². The number of ether oxygens (including phenoxy) is 1. The van der Waals surface area contributed by atoms with Gasteiger partial charge in [0, 0.05) is 35.1 Å². The molecule has 0 aliphatic rings. The van der Waals surface area contributed by atoms with Gasteiger partial charge in [0.1, 0.15) is 5.75 Å². The smallest absolute Gasteiger partial charge is 0.251 e. The van der Waals surface area contributed by atoms with Gasteiger partial charge in [-0.05, 0) is 47.3 Å². The predicted octanol–water partition coefficient (Wildman–Crippen LogP) is 4.28. The van der Waals surface area contributed by atoms with Crippen molar-refractivity contribution in [3.63, 3.8) is 0 Å². The Balaban J connectivity index is 1.33. The highest BCUT2D eigenvalue weighted by molar-refractivity contribution is 7.99. The Kier molecular flexibility index (Phi) is 8.00. The minimum absolute atomic E-state index is 0.0860. The van der Waals surface area contributed by atoms with Crippen molar-refractivity contribution in [1.29, 1.82) is 0 Å². The molecule has 2 aromatic heterocycles. The van der Waals surface area contributed by atoms with Crippen LogP contribution in [0.15, 0.2) is 83.6 Å². The molecule has 2 heterocycles. The highest BCUT2D eigenvalue weighted by Crippen LogP contribution is 2.21. The lowest BCUT2D eigenvalue weighted by Crippen LogP contribution is -2.24. The van der Waals surface area contributed by atoms with Gasteiger partial charge in [-0.1, -0.05) is 36.0 Å². The number of imidazole rings is 1. The molecule has 0 fully saturated rings. The second-order valence-electron chi connectivity index (χ2n) is 7.31. The molecular formula is C25H24N4O3S2. The maximum Gasteiger partial charge on any atom is 0.251 e. The van der Waals surface area contributed by atoms with Crippen molar-refractivity contribution in [3.05, 3.63) is 94.4 Å². The summed E-state index contributed by atoms with van der Waals surface area (Å²) >= 11 is 2.95. The van der Waals surface area contributed by atoms with Crippen LogP contribution in [0.4, 0.5) is 0 Å². The third-order valence-electron chi connectivity index (χ3n) is 4.98. The largest absolute Gasteiger partial charge is 0.497 e. The quantitative estimate of drug-likeness (QED) is 0.323. The van der Waals surface area contributed by atoms with Crippen molar-refractivity contribution in [2.75, 3.05) is 12.9 Å². The molecular weight excluding hydrogens is 468 g/mol. The Morgan fingerprint density at radius 3 is 2.68 bits per heavy atom. The summed E-state index contributed by atoms with van der Waals surface area (Å²) in [5.41, 5.74) is 2.37. The number of carbonyl (C=O) groups is 2. The molecule has 4 aromatic rings. The molecule has 0 atom stereocenters. The number of amides is 2. The summed E-state index contributed by atoms with van der Waals surface area (Å²) in [6, 6.07) is 18.9. The second-order valence-corrected chi connectivity index (χ2v) is 9.28. The fraction of sp³-hybridized carbons (Fsp3) is 0.160. The van der Waals surface area contributed by atoms with Crippen molar-refractivity contribution in [1.82, 2.24) is 20.2 Å². The standard InChI is InChI=1S/C25H24N4O3S2/c1-32-21-9-7-18(8-10-21)15-27-23(30)17-34-25-26-11-12-29(25)20-5-2-4-19(14-20)24(31)28-16-22-6-3-13-33-22/h2-14H,15-17H2,1H3,(H,27,30)(H,28,31). The lowest BCUT2D eigenvalue weighted by atomic mass is 10.2. The number of hydrogen-bond donors (Lipinski definition) is 2. The maximum absolute atomic E-state index is 12.6. The highest BCUT2D eigenvalue weighted by Gasteiger charge is 2.12. The van der Waals surface area contributed by atoms with Gasteiger partial charge in [0.25, 0.3) is 5.91 Å². The molecule has 4 rings (SSSR count). The van der Waals surface area contributed by atoms with Gasteiger partial charge in [0.2, 0.25) is 5.91 Å². The van der Waals surface area contributed by atoms with Gasteiger partial charge in [-0.2, -0.15) is 0 Å². The number of thiophene rings is 1. The summed E-state index contributed by atoms with van der Waals surface area (Å²) in [6.07, 6.45) is 3.50. The van der Waals surface area contributed by atoms with E-state index in [1.807, 2.05) is 70.7 Å². The fourth-order valence-electron chi connectivity index (χ4n) is 3.20. The number of benzene rings is 2. The molecule has 0 aliphatic carbocycles. The molecule has 0 spiro atoms. The van der Waals surface area contributed by atoms with E-state index in [0.717, 1.165) is 21.9 Å². The average Bonchev–Trinajstić information content (AvgIpc) is 3.57. The van der Waals surface area contributed by atoms with Gasteiger partial charge in [0.15, 0.2) is 5.16 Å². The molecule has 0 saturated carbocycles. The van der Waals surface area contributed by atoms with E-state index in [1.54, 1.807) is 30.7 Å². The van der Waals surface area contributed by atoms with Gasteiger partial charge in [0.05, 0.1) is 19.4 Å². The number of nitrogens with zero attached hydrogens (tertiary/aromatic N) is 2.